The number of thioether (sulfide) groups is 1. The Hall–Kier alpha value is 0.610. The zero-order valence-corrected chi connectivity index (χ0v) is 11.1. The van der Waals surface area contributed by atoms with Crippen LogP contribution in [0.4, 0.5) is 0 Å². The van der Waals surface area contributed by atoms with E-state index in [2.05, 4.69) is 0 Å². The van der Waals surface area contributed by atoms with Gasteiger partial charge in [-0.05, 0) is 12.2 Å². The molecule has 1 saturated heterocycles. The molecule has 0 amide bonds. The van der Waals surface area contributed by atoms with E-state index < -0.39 is 27.8 Å². The van der Waals surface area contributed by atoms with Crippen LogP contribution in [-0.2, 0) is 9.13 Å². The van der Waals surface area contributed by atoms with Gasteiger partial charge in [-0.3, -0.25) is 14.0 Å². The summed E-state index contributed by atoms with van der Waals surface area (Å²) < 4.78 is 21.8. The molecular weight excluding hydrogens is 276 g/mol. The van der Waals surface area contributed by atoms with E-state index in [-0.39, 0.29) is 6.04 Å². The molecule has 0 spiro atoms. The normalized spacial score (nSPS) is 22.9. The zero-order chi connectivity index (χ0) is 12.4. The molecule has 1 fully saturated rings. The number of rotatable bonds is 5. The van der Waals surface area contributed by atoms with Gasteiger partial charge in [0.25, 0.3) is 0 Å². The van der Waals surface area contributed by atoms with E-state index in [0.29, 0.717) is 12.2 Å². The quantitative estimate of drug-likeness (QED) is 0.525. The highest BCUT2D eigenvalue weighted by Crippen LogP contribution is 2.43. The second-order valence-corrected chi connectivity index (χ2v) is 8.09. The van der Waals surface area contributed by atoms with Crippen molar-refractivity contribution in [2.45, 2.75) is 12.5 Å². The fourth-order valence-electron chi connectivity index (χ4n) is 1.56. The van der Waals surface area contributed by atoms with E-state index in [4.69, 9.17) is 19.6 Å². The van der Waals surface area contributed by atoms with Crippen molar-refractivity contribution in [3.05, 3.63) is 0 Å². The first-order chi connectivity index (χ1) is 7.17. The lowest BCUT2D eigenvalue weighted by molar-refractivity contribution is 0.234. The van der Waals surface area contributed by atoms with Crippen LogP contribution in [0, 0.1) is 0 Å². The zero-order valence-electron chi connectivity index (χ0n) is 8.47. The molecule has 0 saturated carbocycles. The summed E-state index contributed by atoms with van der Waals surface area (Å²) in [6.45, 7) is 0. The monoisotopic (exact) mass is 291 g/mol. The Kier molecular flexibility index (Phi) is 5.04. The van der Waals surface area contributed by atoms with Gasteiger partial charge in [0, 0.05) is 11.8 Å². The van der Waals surface area contributed by atoms with Gasteiger partial charge in [0.05, 0.1) is 0 Å². The van der Waals surface area contributed by atoms with Gasteiger partial charge in [0.1, 0.15) is 12.6 Å². The lowest BCUT2D eigenvalue weighted by atomic mass is 10.2. The van der Waals surface area contributed by atoms with Gasteiger partial charge in [0.2, 0.25) is 0 Å². The fourth-order valence-corrected chi connectivity index (χ4v) is 4.58. The minimum atomic E-state index is -4.29. The standard InChI is InChI=1S/C6H15NO6P2S/c8-14(9,10)4-7(5-15(11,12)13)6-1-2-16-3-6/h6H,1-5H2,(H2,8,9,10)(H2,11,12,13). The van der Waals surface area contributed by atoms with E-state index in [9.17, 15) is 9.13 Å². The summed E-state index contributed by atoms with van der Waals surface area (Å²) in [7, 11) is -8.57. The second kappa shape index (κ2) is 5.50. The molecule has 0 aliphatic carbocycles. The lowest BCUT2D eigenvalue weighted by Crippen LogP contribution is -2.36. The first kappa shape index (κ1) is 14.7. The van der Waals surface area contributed by atoms with Crippen LogP contribution in [0.2, 0.25) is 0 Å². The SMILES string of the molecule is O=P(O)(O)CN(CP(=O)(O)O)C1CCSC1. The highest BCUT2D eigenvalue weighted by atomic mass is 32.2. The molecular formula is C6H15NO6P2S. The summed E-state index contributed by atoms with van der Waals surface area (Å²) in [4.78, 5) is 36.6. The molecule has 4 N–H and O–H groups in total. The fraction of sp³-hybridized carbons (Fsp3) is 1.00. The molecule has 1 atom stereocenters. The Morgan fingerprint density at radius 2 is 1.62 bits per heavy atom. The van der Waals surface area contributed by atoms with Crippen LogP contribution in [0.15, 0.2) is 0 Å². The second-order valence-electron chi connectivity index (χ2n) is 3.72. The van der Waals surface area contributed by atoms with Crippen molar-refractivity contribution in [3.8, 4) is 0 Å². The highest BCUT2D eigenvalue weighted by molar-refractivity contribution is 7.99. The largest absolute Gasteiger partial charge is 0.339 e. The van der Waals surface area contributed by atoms with E-state index >= 15 is 0 Å². The van der Waals surface area contributed by atoms with Crippen LogP contribution < -0.4 is 0 Å². The van der Waals surface area contributed by atoms with Gasteiger partial charge in [-0.25, -0.2) is 0 Å². The van der Waals surface area contributed by atoms with Crippen molar-refractivity contribution < 1.29 is 28.7 Å². The van der Waals surface area contributed by atoms with Crippen molar-refractivity contribution in [1.82, 2.24) is 4.90 Å². The summed E-state index contributed by atoms with van der Waals surface area (Å²) in [5, 5.41) is 0. The Balaban J connectivity index is 2.68. The summed E-state index contributed by atoms with van der Waals surface area (Å²) in [5.41, 5.74) is 0. The molecule has 0 aromatic heterocycles. The lowest BCUT2D eigenvalue weighted by Gasteiger charge is -2.28. The van der Waals surface area contributed by atoms with Crippen molar-refractivity contribution in [2.75, 3.05) is 24.1 Å². The third-order valence-corrected chi connectivity index (χ3v) is 4.76. The predicted octanol–water partition coefficient (Wildman–Crippen LogP) is 0.0643. The number of hydrogen-bond acceptors (Lipinski definition) is 4. The van der Waals surface area contributed by atoms with Crippen LogP contribution in [-0.4, -0.2) is 54.6 Å². The minimum absolute atomic E-state index is 0.162. The molecule has 1 aliphatic rings. The Bertz CT molecular complexity index is 297. The Morgan fingerprint density at radius 3 is 1.94 bits per heavy atom. The molecule has 0 bridgehead atoms. The third kappa shape index (κ3) is 5.80. The molecule has 10 heteroatoms. The maximum atomic E-state index is 10.9. The van der Waals surface area contributed by atoms with Crippen LogP contribution in [0.25, 0.3) is 0 Å². The first-order valence-corrected chi connectivity index (χ1v) is 9.33. The molecule has 0 aromatic carbocycles. The van der Waals surface area contributed by atoms with E-state index in [0.717, 1.165) is 5.75 Å². The molecule has 7 nitrogen and oxygen atoms in total. The van der Waals surface area contributed by atoms with Crippen molar-refractivity contribution >= 4 is 27.0 Å². The van der Waals surface area contributed by atoms with Crippen LogP contribution in [0.1, 0.15) is 6.42 Å². The molecule has 1 rings (SSSR count). The summed E-state index contributed by atoms with van der Waals surface area (Å²) in [6.07, 6.45) is -0.489. The van der Waals surface area contributed by atoms with E-state index in [1.165, 1.54) is 4.90 Å². The maximum Gasteiger partial charge on any atom is 0.339 e. The summed E-state index contributed by atoms with van der Waals surface area (Å²) in [5.74, 6) is 1.50. The van der Waals surface area contributed by atoms with Gasteiger partial charge in [-0.2, -0.15) is 11.8 Å². The van der Waals surface area contributed by atoms with E-state index in [1.807, 2.05) is 0 Å². The highest BCUT2D eigenvalue weighted by Gasteiger charge is 2.32. The van der Waals surface area contributed by atoms with Gasteiger partial charge in [0.15, 0.2) is 0 Å². The maximum absolute atomic E-state index is 10.9. The summed E-state index contributed by atoms with van der Waals surface area (Å²) >= 11 is 1.61. The molecule has 1 heterocycles. The van der Waals surface area contributed by atoms with Crippen LogP contribution in [0.3, 0.4) is 0 Å². The third-order valence-electron chi connectivity index (χ3n) is 2.15. The van der Waals surface area contributed by atoms with Gasteiger partial charge >= 0.3 is 15.2 Å². The first-order valence-electron chi connectivity index (χ1n) is 4.58. The smallest absolute Gasteiger partial charge is 0.324 e. The summed E-state index contributed by atoms with van der Waals surface area (Å²) in [6, 6.07) is -0.162. The van der Waals surface area contributed by atoms with Crippen LogP contribution >= 0.6 is 27.0 Å². The number of nitrogens with zero attached hydrogens (tertiary/aromatic N) is 1. The Labute approximate surface area is 97.5 Å². The molecule has 1 unspecified atom stereocenters. The molecule has 0 radical (unpaired) electrons. The van der Waals surface area contributed by atoms with Crippen molar-refractivity contribution in [2.24, 2.45) is 0 Å². The van der Waals surface area contributed by atoms with Gasteiger partial charge < -0.3 is 19.6 Å². The van der Waals surface area contributed by atoms with Crippen molar-refractivity contribution in [1.29, 1.82) is 0 Å². The molecule has 0 aromatic rings. The topological polar surface area (TPSA) is 118 Å². The minimum Gasteiger partial charge on any atom is -0.324 e. The molecule has 96 valence electrons. The van der Waals surface area contributed by atoms with Crippen molar-refractivity contribution in [3.63, 3.8) is 0 Å². The van der Waals surface area contributed by atoms with E-state index in [1.54, 1.807) is 11.8 Å². The number of hydrogen-bond donors (Lipinski definition) is 4. The van der Waals surface area contributed by atoms with Gasteiger partial charge in [-0.15, -0.1) is 0 Å². The average molecular weight is 291 g/mol. The van der Waals surface area contributed by atoms with Crippen LogP contribution in [0.5, 0.6) is 0 Å². The van der Waals surface area contributed by atoms with Gasteiger partial charge in [-0.1, -0.05) is 0 Å². The average Bonchev–Trinajstić information content (AvgIpc) is 2.47. The predicted molar refractivity (Wildman–Crippen MR) is 61.4 cm³/mol. The molecule has 1 aliphatic heterocycles. The molecule has 16 heavy (non-hydrogen) atoms. The Morgan fingerprint density at radius 1 is 1.12 bits per heavy atom.